The maximum atomic E-state index is 13.1. The third-order valence-corrected chi connectivity index (χ3v) is 5.23. The number of carbonyl (C=O) groups excluding carboxylic acids is 2. The Hall–Kier alpha value is -2.21. The van der Waals surface area contributed by atoms with E-state index < -0.39 is 0 Å². The van der Waals surface area contributed by atoms with Crippen molar-refractivity contribution in [3.05, 3.63) is 51.5 Å². The molecule has 1 N–H and O–H groups in total. The summed E-state index contributed by atoms with van der Waals surface area (Å²) in [6.45, 7) is 14.6. The topological polar surface area (TPSA) is 62.3 Å². The van der Waals surface area contributed by atoms with E-state index in [-0.39, 0.29) is 29.3 Å². The molecule has 2 aromatic rings. The minimum atomic E-state index is -0.183. The van der Waals surface area contributed by atoms with Crippen LogP contribution in [0.2, 0.25) is 0 Å². The predicted octanol–water partition coefficient (Wildman–Crippen LogP) is 4.63. The second-order valence-electron chi connectivity index (χ2n) is 8.61. The van der Waals surface area contributed by atoms with E-state index in [4.69, 9.17) is 0 Å². The van der Waals surface area contributed by atoms with Crippen LogP contribution in [-0.2, 0) is 12.0 Å². The van der Waals surface area contributed by atoms with E-state index >= 15 is 0 Å². The SMILES string of the molecule is CC(C)NC(=O)c1csc(CN(C(=O)c2ccc(C(C)(C)C)cc2)C(C)C)n1. The smallest absolute Gasteiger partial charge is 0.270 e. The first-order valence-electron chi connectivity index (χ1n) is 9.65. The van der Waals surface area contributed by atoms with Crippen molar-refractivity contribution in [2.45, 2.75) is 72.5 Å². The van der Waals surface area contributed by atoms with Crippen LogP contribution in [-0.4, -0.2) is 33.8 Å². The molecule has 0 bridgehead atoms. The molecule has 0 saturated heterocycles. The molecular formula is C22H31N3O2S. The van der Waals surface area contributed by atoms with Crippen molar-refractivity contribution in [2.75, 3.05) is 0 Å². The molecule has 0 unspecified atom stereocenters. The minimum absolute atomic E-state index is 0.0200. The summed E-state index contributed by atoms with van der Waals surface area (Å²) in [5, 5.41) is 5.34. The fraction of sp³-hybridized carbons (Fsp3) is 0.500. The molecule has 0 spiro atoms. The first-order chi connectivity index (χ1) is 13.0. The second kappa shape index (κ2) is 8.86. The summed E-state index contributed by atoms with van der Waals surface area (Å²) >= 11 is 1.40. The van der Waals surface area contributed by atoms with Gasteiger partial charge in [-0.3, -0.25) is 9.59 Å². The van der Waals surface area contributed by atoms with Crippen molar-refractivity contribution in [1.82, 2.24) is 15.2 Å². The molecule has 5 nitrogen and oxygen atoms in total. The first kappa shape index (κ1) is 22.1. The van der Waals surface area contributed by atoms with Crippen molar-refractivity contribution in [3.8, 4) is 0 Å². The van der Waals surface area contributed by atoms with Crippen LogP contribution in [0.3, 0.4) is 0 Å². The molecule has 2 rings (SSSR count). The maximum absolute atomic E-state index is 13.1. The molecule has 6 heteroatoms. The highest BCUT2D eigenvalue weighted by Crippen LogP contribution is 2.23. The number of carbonyl (C=O) groups is 2. The van der Waals surface area contributed by atoms with E-state index in [2.05, 4.69) is 31.1 Å². The molecule has 0 aliphatic heterocycles. The number of thiazole rings is 1. The molecule has 28 heavy (non-hydrogen) atoms. The van der Waals surface area contributed by atoms with Gasteiger partial charge in [0, 0.05) is 23.0 Å². The van der Waals surface area contributed by atoms with Crippen LogP contribution in [0, 0.1) is 0 Å². The Morgan fingerprint density at radius 1 is 1.11 bits per heavy atom. The molecule has 2 amide bonds. The van der Waals surface area contributed by atoms with Crippen molar-refractivity contribution < 1.29 is 9.59 Å². The highest BCUT2D eigenvalue weighted by Gasteiger charge is 2.22. The van der Waals surface area contributed by atoms with Crippen LogP contribution < -0.4 is 5.32 Å². The standard InChI is InChI=1S/C22H31N3O2S/c1-14(2)23-20(26)18-13-28-19(24-18)12-25(15(3)4)21(27)16-8-10-17(11-9-16)22(5,6)7/h8-11,13-15H,12H2,1-7H3,(H,23,26). The summed E-state index contributed by atoms with van der Waals surface area (Å²) in [7, 11) is 0. The fourth-order valence-corrected chi connectivity index (χ4v) is 3.51. The molecule has 0 aliphatic rings. The molecule has 1 heterocycles. The summed E-state index contributed by atoms with van der Waals surface area (Å²) in [6.07, 6.45) is 0. The highest BCUT2D eigenvalue weighted by atomic mass is 32.1. The Bertz CT molecular complexity index is 817. The van der Waals surface area contributed by atoms with Gasteiger partial charge in [0.2, 0.25) is 0 Å². The molecule has 0 atom stereocenters. The Labute approximate surface area is 172 Å². The number of hydrogen-bond acceptors (Lipinski definition) is 4. The van der Waals surface area contributed by atoms with Crippen LogP contribution >= 0.6 is 11.3 Å². The number of rotatable bonds is 6. The Morgan fingerprint density at radius 2 is 1.71 bits per heavy atom. The Kier molecular flexibility index (Phi) is 6.99. The summed E-state index contributed by atoms with van der Waals surface area (Å²) in [6, 6.07) is 7.89. The summed E-state index contributed by atoms with van der Waals surface area (Å²) < 4.78 is 0. The minimum Gasteiger partial charge on any atom is -0.349 e. The van der Waals surface area contributed by atoms with E-state index in [1.54, 1.807) is 10.3 Å². The number of benzene rings is 1. The average molecular weight is 402 g/mol. The number of nitrogens with one attached hydrogen (secondary N) is 1. The van der Waals surface area contributed by atoms with Crippen LogP contribution in [0.25, 0.3) is 0 Å². The summed E-state index contributed by atoms with van der Waals surface area (Å²) in [5.74, 6) is -0.212. The van der Waals surface area contributed by atoms with Crippen molar-refractivity contribution in [3.63, 3.8) is 0 Å². The van der Waals surface area contributed by atoms with Gasteiger partial charge in [0.05, 0.1) is 6.54 Å². The van der Waals surface area contributed by atoms with Gasteiger partial charge in [0.15, 0.2) is 0 Å². The Balaban J connectivity index is 2.16. The Morgan fingerprint density at radius 3 is 2.21 bits per heavy atom. The number of aromatic nitrogens is 1. The normalized spacial score (nSPS) is 11.8. The molecule has 1 aromatic heterocycles. The lowest BCUT2D eigenvalue weighted by atomic mass is 9.86. The predicted molar refractivity (Wildman–Crippen MR) is 115 cm³/mol. The third-order valence-electron chi connectivity index (χ3n) is 4.39. The molecule has 0 aliphatic carbocycles. The van der Waals surface area contributed by atoms with E-state index in [1.165, 1.54) is 16.9 Å². The van der Waals surface area contributed by atoms with E-state index in [1.807, 2.05) is 52.0 Å². The zero-order valence-electron chi connectivity index (χ0n) is 17.9. The van der Waals surface area contributed by atoms with Gasteiger partial charge in [-0.2, -0.15) is 0 Å². The van der Waals surface area contributed by atoms with E-state index in [0.29, 0.717) is 17.8 Å². The quantitative estimate of drug-likeness (QED) is 0.768. The monoisotopic (exact) mass is 401 g/mol. The van der Waals surface area contributed by atoms with Crippen molar-refractivity contribution in [2.24, 2.45) is 0 Å². The molecule has 0 fully saturated rings. The van der Waals surface area contributed by atoms with Gasteiger partial charge < -0.3 is 10.2 Å². The van der Waals surface area contributed by atoms with Crippen LogP contribution in [0.4, 0.5) is 0 Å². The first-order valence-corrected chi connectivity index (χ1v) is 10.5. The van der Waals surface area contributed by atoms with Gasteiger partial charge in [-0.15, -0.1) is 11.3 Å². The lowest BCUT2D eigenvalue weighted by Gasteiger charge is -2.26. The van der Waals surface area contributed by atoms with Crippen molar-refractivity contribution in [1.29, 1.82) is 0 Å². The maximum Gasteiger partial charge on any atom is 0.270 e. The third kappa shape index (κ3) is 5.64. The average Bonchev–Trinajstić information content (AvgIpc) is 3.06. The zero-order chi connectivity index (χ0) is 21.1. The fourth-order valence-electron chi connectivity index (χ4n) is 2.74. The number of amides is 2. The number of nitrogens with zero attached hydrogens (tertiary/aromatic N) is 2. The van der Waals surface area contributed by atoms with Gasteiger partial charge >= 0.3 is 0 Å². The second-order valence-corrected chi connectivity index (χ2v) is 9.55. The zero-order valence-corrected chi connectivity index (χ0v) is 18.7. The lowest BCUT2D eigenvalue weighted by molar-refractivity contribution is 0.0690. The van der Waals surface area contributed by atoms with E-state index in [9.17, 15) is 9.59 Å². The number of hydrogen-bond donors (Lipinski definition) is 1. The highest BCUT2D eigenvalue weighted by molar-refractivity contribution is 7.09. The van der Waals surface area contributed by atoms with Gasteiger partial charge in [-0.1, -0.05) is 32.9 Å². The molecule has 0 radical (unpaired) electrons. The van der Waals surface area contributed by atoms with Gasteiger partial charge in [0.25, 0.3) is 11.8 Å². The van der Waals surface area contributed by atoms with Gasteiger partial charge in [-0.05, 0) is 50.8 Å². The summed E-state index contributed by atoms with van der Waals surface area (Å²) in [4.78, 5) is 31.4. The summed E-state index contributed by atoms with van der Waals surface area (Å²) in [5.41, 5.74) is 2.31. The van der Waals surface area contributed by atoms with Crippen LogP contribution in [0.5, 0.6) is 0 Å². The van der Waals surface area contributed by atoms with E-state index in [0.717, 1.165) is 5.01 Å². The van der Waals surface area contributed by atoms with Crippen LogP contribution in [0.1, 0.15) is 79.9 Å². The van der Waals surface area contributed by atoms with Crippen LogP contribution in [0.15, 0.2) is 29.6 Å². The van der Waals surface area contributed by atoms with Gasteiger partial charge in [0.1, 0.15) is 10.7 Å². The lowest BCUT2D eigenvalue weighted by Crippen LogP contribution is -2.36. The molecule has 152 valence electrons. The molecule has 1 aromatic carbocycles. The molecular weight excluding hydrogens is 370 g/mol. The van der Waals surface area contributed by atoms with Gasteiger partial charge in [-0.25, -0.2) is 4.98 Å². The van der Waals surface area contributed by atoms with Crippen molar-refractivity contribution >= 4 is 23.2 Å². The molecule has 0 saturated carbocycles. The largest absolute Gasteiger partial charge is 0.349 e.